The molecule has 2 aromatic rings. The van der Waals surface area contributed by atoms with Crippen molar-refractivity contribution in [1.29, 1.82) is 5.26 Å². The quantitative estimate of drug-likeness (QED) is 0.923. The molecule has 5 nitrogen and oxygen atoms in total. The van der Waals surface area contributed by atoms with E-state index in [1.165, 1.54) is 29.1 Å². The lowest BCUT2D eigenvalue weighted by Gasteiger charge is -2.03. The van der Waals surface area contributed by atoms with Gasteiger partial charge in [0.15, 0.2) is 5.82 Å². The molecule has 1 heterocycles. The topological polar surface area (TPSA) is 70.7 Å². The number of carbonyl (C=O) groups excluding carboxylic acids is 1. The van der Waals surface area contributed by atoms with E-state index in [9.17, 15) is 9.18 Å². The Morgan fingerprint density at radius 1 is 1.58 bits per heavy atom. The van der Waals surface area contributed by atoms with Crippen molar-refractivity contribution in [1.82, 2.24) is 9.78 Å². The Kier molecular flexibility index (Phi) is 3.62. The highest BCUT2D eigenvalue weighted by atomic mass is 79.9. The number of nitrogens with one attached hydrogen (secondary N) is 1. The Hall–Kier alpha value is -2.20. The Morgan fingerprint density at radius 3 is 2.95 bits per heavy atom. The van der Waals surface area contributed by atoms with Crippen molar-refractivity contribution < 1.29 is 9.18 Å². The first-order valence-electron chi connectivity index (χ1n) is 5.21. The lowest BCUT2D eigenvalue weighted by Crippen LogP contribution is -2.13. The van der Waals surface area contributed by atoms with Gasteiger partial charge in [0.05, 0.1) is 4.47 Å². The van der Waals surface area contributed by atoms with Gasteiger partial charge in [-0.25, -0.2) is 4.39 Å². The maximum Gasteiger partial charge on any atom is 0.256 e. The second-order valence-corrected chi connectivity index (χ2v) is 4.61. The molecular weight excluding hydrogens is 315 g/mol. The lowest BCUT2D eigenvalue weighted by atomic mass is 10.2. The molecule has 0 unspecified atom stereocenters. The zero-order valence-corrected chi connectivity index (χ0v) is 11.4. The molecule has 0 spiro atoms. The molecule has 0 bridgehead atoms. The van der Waals surface area contributed by atoms with Crippen LogP contribution in [0.15, 0.2) is 28.9 Å². The third kappa shape index (κ3) is 2.80. The average Bonchev–Trinajstić information content (AvgIpc) is 2.72. The van der Waals surface area contributed by atoms with E-state index in [1.807, 2.05) is 6.07 Å². The molecule has 0 aliphatic rings. The largest absolute Gasteiger partial charge is 0.304 e. The number of aryl methyl sites for hydroxylation is 1. The van der Waals surface area contributed by atoms with Crippen LogP contribution in [0.3, 0.4) is 0 Å². The first-order valence-corrected chi connectivity index (χ1v) is 6.00. The van der Waals surface area contributed by atoms with Crippen LogP contribution >= 0.6 is 15.9 Å². The maximum atomic E-state index is 13.1. The second-order valence-electron chi connectivity index (χ2n) is 3.76. The van der Waals surface area contributed by atoms with Gasteiger partial charge in [0.25, 0.3) is 5.91 Å². The Balaban J connectivity index is 2.26. The van der Waals surface area contributed by atoms with E-state index < -0.39 is 11.7 Å². The number of benzene rings is 1. The van der Waals surface area contributed by atoms with Gasteiger partial charge in [-0.1, -0.05) is 0 Å². The smallest absolute Gasteiger partial charge is 0.256 e. The molecule has 0 aliphatic carbocycles. The third-order valence-corrected chi connectivity index (χ3v) is 2.97. The van der Waals surface area contributed by atoms with Crippen LogP contribution in [-0.2, 0) is 7.05 Å². The summed E-state index contributed by atoms with van der Waals surface area (Å²) in [6, 6.07) is 5.82. The van der Waals surface area contributed by atoms with Crippen LogP contribution in [0.1, 0.15) is 15.9 Å². The molecule has 0 saturated carbocycles. The molecular formula is C12H8BrFN4O. The average molecular weight is 323 g/mol. The number of anilines is 1. The number of carbonyl (C=O) groups is 1. The zero-order chi connectivity index (χ0) is 14.0. The number of hydrogen-bond acceptors (Lipinski definition) is 3. The van der Waals surface area contributed by atoms with Crippen LogP contribution in [0.2, 0.25) is 0 Å². The summed E-state index contributed by atoms with van der Waals surface area (Å²) >= 11 is 3.00. The normalized spacial score (nSPS) is 10.0. The zero-order valence-electron chi connectivity index (χ0n) is 9.82. The first kappa shape index (κ1) is 13.2. The highest BCUT2D eigenvalue weighted by Crippen LogP contribution is 2.18. The van der Waals surface area contributed by atoms with E-state index in [0.29, 0.717) is 0 Å². The van der Waals surface area contributed by atoms with E-state index in [-0.39, 0.29) is 21.4 Å². The van der Waals surface area contributed by atoms with Crippen LogP contribution in [0.5, 0.6) is 0 Å². The highest BCUT2D eigenvalue weighted by molar-refractivity contribution is 9.10. The van der Waals surface area contributed by atoms with Crippen LogP contribution in [0, 0.1) is 17.1 Å². The number of amides is 1. The molecule has 0 atom stereocenters. The minimum Gasteiger partial charge on any atom is -0.304 e. The summed E-state index contributed by atoms with van der Waals surface area (Å²) in [6.07, 6.45) is 1.50. The maximum absolute atomic E-state index is 13.1. The van der Waals surface area contributed by atoms with E-state index in [0.717, 1.165) is 0 Å². The fourth-order valence-corrected chi connectivity index (χ4v) is 1.86. The number of nitriles is 1. The van der Waals surface area contributed by atoms with Gasteiger partial charge in [0, 0.05) is 18.8 Å². The summed E-state index contributed by atoms with van der Waals surface area (Å²) < 4.78 is 14.7. The minimum atomic E-state index is -0.462. The van der Waals surface area contributed by atoms with Crippen molar-refractivity contribution in [3.63, 3.8) is 0 Å². The van der Waals surface area contributed by atoms with Crippen LogP contribution in [-0.4, -0.2) is 15.7 Å². The van der Waals surface area contributed by atoms with E-state index in [4.69, 9.17) is 5.26 Å². The van der Waals surface area contributed by atoms with E-state index in [2.05, 4.69) is 26.3 Å². The van der Waals surface area contributed by atoms with Gasteiger partial charge in [0.1, 0.15) is 17.4 Å². The van der Waals surface area contributed by atoms with Crippen molar-refractivity contribution in [3.8, 4) is 6.07 Å². The third-order valence-electron chi connectivity index (χ3n) is 2.36. The molecule has 1 aromatic carbocycles. The summed E-state index contributed by atoms with van der Waals surface area (Å²) in [5, 5.41) is 15.4. The molecule has 96 valence electrons. The van der Waals surface area contributed by atoms with Crippen LogP contribution < -0.4 is 5.32 Å². The van der Waals surface area contributed by atoms with Crippen LogP contribution in [0.25, 0.3) is 0 Å². The summed E-state index contributed by atoms with van der Waals surface area (Å²) in [5.74, 6) is -0.738. The van der Waals surface area contributed by atoms with E-state index in [1.54, 1.807) is 7.05 Å². The molecule has 1 N–H and O–H groups in total. The van der Waals surface area contributed by atoms with E-state index >= 15 is 0 Å². The molecule has 0 radical (unpaired) electrons. The molecule has 19 heavy (non-hydrogen) atoms. The predicted octanol–water partition coefficient (Wildman–Crippen LogP) is 2.45. The molecule has 2 rings (SSSR count). The van der Waals surface area contributed by atoms with Gasteiger partial charge < -0.3 is 5.32 Å². The summed E-state index contributed by atoms with van der Waals surface area (Å²) in [5.41, 5.74) is 0.528. The second kappa shape index (κ2) is 5.20. The molecule has 0 saturated heterocycles. The van der Waals surface area contributed by atoms with Crippen molar-refractivity contribution >= 4 is 27.7 Å². The lowest BCUT2D eigenvalue weighted by molar-refractivity contribution is 0.102. The Bertz CT molecular complexity index is 690. The molecule has 1 amide bonds. The molecule has 0 fully saturated rings. The fourth-order valence-electron chi connectivity index (χ4n) is 1.48. The number of rotatable bonds is 2. The van der Waals surface area contributed by atoms with Crippen molar-refractivity contribution in [3.05, 3.63) is 45.8 Å². The van der Waals surface area contributed by atoms with Gasteiger partial charge >= 0.3 is 0 Å². The Morgan fingerprint density at radius 2 is 2.32 bits per heavy atom. The number of halogens is 2. The number of hydrogen-bond donors (Lipinski definition) is 1. The predicted molar refractivity (Wildman–Crippen MR) is 70.0 cm³/mol. The number of aromatic nitrogens is 2. The first-order chi connectivity index (χ1) is 9.01. The SMILES string of the molecule is Cn1cc(C#N)c(NC(=O)c2ccc(F)c(Br)c2)n1. The van der Waals surface area contributed by atoms with Crippen molar-refractivity contribution in [2.24, 2.45) is 7.05 Å². The summed E-state index contributed by atoms with van der Waals surface area (Å²) in [7, 11) is 1.64. The standard InChI is InChI=1S/C12H8BrFN4O/c1-18-6-8(5-15)11(17-18)16-12(19)7-2-3-10(14)9(13)4-7/h2-4,6H,1H3,(H,16,17,19). The van der Waals surface area contributed by atoms with Gasteiger partial charge in [-0.2, -0.15) is 10.4 Å². The van der Waals surface area contributed by atoms with Gasteiger partial charge in [0.2, 0.25) is 0 Å². The molecule has 0 aliphatic heterocycles. The van der Waals surface area contributed by atoms with Crippen molar-refractivity contribution in [2.75, 3.05) is 5.32 Å². The molecule has 1 aromatic heterocycles. The van der Waals surface area contributed by atoms with Crippen LogP contribution in [0.4, 0.5) is 10.2 Å². The molecule has 7 heteroatoms. The highest BCUT2D eigenvalue weighted by Gasteiger charge is 2.13. The monoisotopic (exact) mass is 322 g/mol. The van der Waals surface area contributed by atoms with Gasteiger partial charge in [-0.05, 0) is 34.1 Å². The summed E-state index contributed by atoms with van der Waals surface area (Å²) in [4.78, 5) is 11.9. The Labute approximate surface area is 116 Å². The van der Waals surface area contributed by atoms with Gasteiger partial charge in [-0.15, -0.1) is 0 Å². The van der Waals surface area contributed by atoms with Gasteiger partial charge in [-0.3, -0.25) is 9.48 Å². The fraction of sp³-hybridized carbons (Fsp3) is 0.0833. The summed E-state index contributed by atoms with van der Waals surface area (Å²) in [6.45, 7) is 0. The van der Waals surface area contributed by atoms with Crippen molar-refractivity contribution in [2.45, 2.75) is 0 Å². The number of nitrogens with zero attached hydrogens (tertiary/aromatic N) is 3. The minimum absolute atomic E-state index is 0.176.